The molecule has 2 nitrogen and oxygen atoms in total. The highest BCUT2D eigenvalue weighted by molar-refractivity contribution is 6.31. The minimum atomic E-state index is -0.244. The van der Waals surface area contributed by atoms with Crippen LogP contribution in [0, 0.1) is 5.82 Å². The highest BCUT2D eigenvalue weighted by Gasteiger charge is 2.25. The summed E-state index contributed by atoms with van der Waals surface area (Å²) in [7, 11) is 1.90. The second-order valence-corrected chi connectivity index (χ2v) is 4.79. The van der Waals surface area contributed by atoms with Crippen molar-refractivity contribution < 1.29 is 9.13 Å². The number of ether oxygens (including phenoxy) is 1. The third-order valence-electron chi connectivity index (χ3n) is 3.23. The summed E-state index contributed by atoms with van der Waals surface area (Å²) in [5, 5.41) is 3.85. The first-order valence-electron chi connectivity index (χ1n) is 5.93. The van der Waals surface area contributed by atoms with Gasteiger partial charge in [0.1, 0.15) is 5.82 Å². The summed E-state index contributed by atoms with van der Waals surface area (Å²) in [5.74, 6) is -0.244. The molecule has 2 atom stereocenters. The van der Waals surface area contributed by atoms with E-state index in [2.05, 4.69) is 5.32 Å². The molecule has 0 spiro atoms. The number of rotatable bonds is 4. The normalized spacial score (nSPS) is 21.7. The number of likely N-dealkylation sites (N-methyl/N-ethyl adjacent to an activating group) is 1. The predicted molar refractivity (Wildman–Crippen MR) is 66.9 cm³/mol. The van der Waals surface area contributed by atoms with Gasteiger partial charge in [0.15, 0.2) is 0 Å². The number of halogens is 2. The van der Waals surface area contributed by atoms with E-state index in [1.165, 1.54) is 12.1 Å². The average molecular weight is 258 g/mol. The zero-order valence-electron chi connectivity index (χ0n) is 9.88. The molecule has 94 valence electrons. The van der Waals surface area contributed by atoms with Gasteiger partial charge in [-0.2, -0.15) is 0 Å². The van der Waals surface area contributed by atoms with Gasteiger partial charge in [-0.05, 0) is 50.1 Å². The molecule has 1 heterocycles. The Morgan fingerprint density at radius 2 is 2.41 bits per heavy atom. The minimum absolute atomic E-state index is 0.191. The van der Waals surface area contributed by atoms with Crippen molar-refractivity contribution in [2.75, 3.05) is 13.7 Å². The van der Waals surface area contributed by atoms with E-state index in [0.717, 1.165) is 25.0 Å². The maximum absolute atomic E-state index is 13.2. The van der Waals surface area contributed by atoms with Gasteiger partial charge in [-0.3, -0.25) is 0 Å². The van der Waals surface area contributed by atoms with Crippen molar-refractivity contribution in [2.45, 2.75) is 31.4 Å². The summed E-state index contributed by atoms with van der Waals surface area (Å²) in [6.07, 6.45) is 3.05. The largest absolute Gasteiger partial charge is 0.377 e. The number of hydrogen-bond acceptors (Lipinski definition) is 2. The van der Waals surface area contributed by atoms with Gasteiger partial charge in [-0.15, -0.1) is 0 Å². The van der Waals surface area contributed by atoms with E-state index in [1.807, 2.05) is 7.05 Å². The van der Waals surface area contributed by atoms with Crippen LogP contribution >= 0.6 is 11.6 Å². The predicted octanol–water partition coefficient (Wildman–Crippen LogP) is 2.79. The molecule has 1 aromatic rings. The number of nitrogens with one attached hydrogen (secondary N) is 1. The molecular weight excluding hydrogens is 241 g/mol. The smallest absolute Gasteiger partial charge is 0.123 e. The van der Waals surface area contributed by atoms with Crippen molar-refractivity contribution in [1.82, 2.24) is 5.32 Å². The van der Waals surface area contributed by atoms with Crippen molar-refractivity contribution in [2.24, 2.45) is 0 Å². The lowest BCUT2D eigenvalue weighted by atomic mass is 9.99. The van der Waals surface area contributed by atoms with Crippen molar-refractivity contribution in [3.05, 3.63) is 34.6 Å². The van der Waals surface area contributed by atoms with Crippen LogP contribution in [0.3, 0.4) is 0 Å². The van der Waals surface area contributed by atoms with Crippen LogP contribution in [0.15, 0.2) is 18.2 Å². The zero-order chi connectivity index (χ0) is 12.3. The van der Waals surface area contributed by atoms with Crippen molar-refractivity contribution in [3.8, 4) is 0 Å². The van der Waals surface area contributed by atoms with Crippen molar-refractivity contribution in [3.63, 3.8) is 0 Å². The first kappa shape index (κ1) is 12.8. The molecule has 0 saturated carbocycles. The summed E-state index contributed by atoms with van der Waals surface area (Å²) < 4.78 is 18.8. The van der Waals surface area contributed by atoms with Crippen LogP contribution in [-0.2, 0) is 11.2 Å². The Bertz CT molecular complexity index is 380. The third-order valence-corrected chi connectivity index (χ3v) is 3.60. The number of benzene rings is 1. The molecule has 1 fully saturated rings. The molecule has 4 heteroatoms. The van der Waals surface area contributed by atoms with Crippen LogP contribution in [-0.4, -0.2) is 25.8 Å². The lowest BCUT2D eigenvalue weighted by molar-refractivity contribution is 0.0808. The third kappa shape index (κ3) is 3.18. The van der Waals surface area contributed by atoms with Gasteiger partial charge in [-0.1, -0.05) is 11.6 Å². The topological polar surface area (TPSA) is 21.3 Å². The molecule has 1 N–H and O–H groups in total. The Labute approximate surface area is 106 Å². The second kappa shape index (κ2) is 5.80. The van der Waals surface area contributed by atoms with Crippen LogP contribution < -0.4 is 5.32 Å². The molecule has 0 amide bonds. The fraction of sp³-hybridized carbons (Fsp3) is 0.538. The summed E-state index contributed by atoms with van der Waals surface area (Å²) in [5.41, 5.74) is 0.835. The highest BCUT2D eigenvalue weighted by Crippen LogP contribution is 2.23. The Morgan fingerprint density at radius 1 is 1.59 bits per heavy atom. The lowest BCUT2D eigenvalue weighted by Crippen LogP contribution is -2.39. The fourth-order valence-electron chi connectivity index (χ4n) is 2.28. The monoisotopic (exact) mass is 257 g/mol. The van der Waals surface area contributed by atoms with Gasteiger partial charge >= 0.3 is 0 Å². The Kier molecular flexibility index (Phi) is 4.37. The molecule has 1 saturated heterocycles. The maximum atomic E-state index is 13.2. The van der Waals surface area contributed by atoms with Crippen molar-refractivity contribution >= 4 is 11.6 Å². The first-order valence-corrected chi connectivity index (χ1v) is 6.31. The van der Waals surface area contributed by atoms with Gasteiger partial charge in [0, 0.05) is 17.7 Å². The molecule has 17 heavy (non-hydrogen) atoms. The van der Waals surface area contributed by atoms with Crippen LogP contribution in [0.4, 0.5) is 4.39 Å². The number of hydrogen-bond donors (Lipinski definition) is 1. The average Bonchev–Trinajstić information content (AvgIpc) is 2.84. The van der Waals surface area contributed by atoms with E-state index in [4.69, 9.17) is 16.3 Å². The van der Waals surface area contributed by atoms with Crippen LogP contribution in [0.2, 0.25) is 5.02 Å². The molecule has 2 rings (SSSR count). The Morgan fingerprint density at radius 3 is 3.06 bits per heavy atom. The van der Waals surface area contributed by atoms with E-state index in [-0.39, 0.29) is 18.0 Å². The molecule has 1 aromatic carbocycles. The molecular formula is C13H17ClFNO. The molecule has 1 aliphatic heterocycles. The van der Waals surface area contributed by atoms with E-state index in [1.54, 1.807) is 6.07 Å². The quantitative estimate of drug-likeness (QED) is 0.896. The van der Waals surface area contributed by atoms with Crippen LogP contribution in [0.5, 0.6) is 0 Å². The Hall–Kier alpha value is -0.640. The molecule has 2 unspecified atom stereocenters. The van der Waals surface area contributed by atoms with E-state index >= 15 is 0 Å². The van der Waals surface area contributed by atoms with E-state index < -0.39 is 0 Å². The molecule has 0 aromatic heterocycles. The van der Waals surface area contributed by atoms with Gasteiger partial charge in [0.05, 0.1) is 6.10 Å². The summed E-state index contributed by atoms with van der Waals surface area (Å²) in [4.78, 5) is 0. The Balaban J connectivity index is 2.09. The van der Waals surface area contributed by atoms with Gasteiger partial charge < -0.3 is 10.1 Å². The maximum Gasteiger partial charge on any atom is 0.123 e. The van der Waals surface area contributed by atoms with E-state index in [0.29, 0.717) is 11.4 Å². The highest BCUT2D eigenvalue weighted by atomic mass is 35.5. The second-order valence-electron chi connectivity index (χ2n) is 4.39. The minimum Gasteiger partial charge on any atom is -0.377 e. The lowest BCUT2D eigenvalue weighted by Gasteiger charge is -2.23. The standard InChI is InChI=1S/C13H17ClFNO/c1-16-12(13-3-2-6-17-13)8-9-7-10(15)4-5-11(9)14/h4-5,7,12-13,16H,2-3,6,8H2,1H3. The molecule has 0 bridgehead atoms. The van der Waals surface area contributed by atoms with Crippen LogP contribution in [0.1, 0.15) is 18.4 Å². The summed E-state index contributed by atoms with van der Waals surface area (Å²) in [6.45, 7) is 0.819. The van der Waals surface area contributed by atoms with Gasteiger partial charge in [0.2, 0.25) is 0 Å². The van der Waals surface area contributed by atoms with Crippen molar-refractivity contribution in [1.29, 1.82) is 0 Å². The molecule has 0 radical (unpaired) electrons. The molecule has 0 aliphatic carbocycles. The zero-order valence-corrected chi connectivity index (χ0v) is 10.6. The summed E-state index contributed by atoms with van der Waals surface area (Å²) >= 11 is 6.07. The first-order chi connectivity index (χ1) is 8.20. The molecule has 1 aliphatic rings. The van der Waals surface area contributed by atoms with Gasteiger partial charge in [0.25, 0.3) is 0 Å². The SMILES string of the molecule is CNC(Cc1cc(F)ccc1Cl)C1CCCO1. The summed E-state index contributed by atoms with van der Waals surface area (Å²) in [6, 6.07) is 4.68. The van der Waals surface area contributed by atoms with Gasteiger partial charge in [-0.25, -0.2) is 4.39 Å². The van der Waals surface area contributed by atoms with Crippen LogP contribution in [0.25, 0.3) is 0 Å². The van der Waals surface area contributed by atoms with E-state index in [9.17, 15) is 4.39 Å². The fourth-order valence-corrected chi connectivity index (χ4v) is 2.47.